The number of alkyl halides is 3. The molecule has 0 radical (unpaired) electrons. The monoisotopic (exact) mass is 488 g/mol. The van der Waals surface area contributed by atoms with Crippen molar-refractivity contribution >= 4 is 33.9 Å². The van der Waals surface area contributed by atoms with E-state index in [2.05, 4.69) is 10.6 Å². The normalized spacial score (nSPS) is 11.6. The molecule has 0 saturated heterocycles. The van der Waals surface area contributed by atoms with E-state index in [0.29, 0.717) is 27.7 Å². The topological polar surface area (TPSA) is 51.0 Å². The first-order chi connectivity index (χ1) is 16.1. The maximum absolute atomic E-state index is 13.8. The predicted octanol–water partition coefficient (Wildman–Crippen LogP) is 5.03. The summed E-state index contributed by atoms with van der Waals surface area (Å²) in [5.41, 5.74) is 0.962. The summed E-state index contributed by atoms with van der Waals surface area (Å²) in [7, 11) is 1.56. The van der Waals surface area contributed by atoms with E-state index >= 15 is 0 Å². The summed E-state index contributed by atoms with van der Waals surface area (Å²) >= 11 is 5.27. The van der Waals surface area contributed by atoms with Crippen LogP contribution in [0.5, 0.6) is 0 Å². The lowest BCUT2D eigenvalue weighted by molar-refractivity contribution is -0.137. The van der Waals surface area contributed by atoms with Gasteiger partial charge in [-0.25, -0.2) is 4.39 Å². The zero-order valence-corrected chi connectivity index (χ0v) is 18.8. The minimum absolute atomic E-state index is 0.0918. The van der Waals surface area contributed by atoms with Crippen LogP contribution in [0.4, 0.5) is 23.2 Å². The van der Waals surface area contributed by atoms with Crippen LogP contribution in [0.3, 0.4) is 0 Å². The largest absolute Gasteiger partial charge is 0.416 e. The van der Waals surface area contributed by atoms with Crippen LogP contribution in [0.2, 0.25) is 0 Å². The van der Waals surface area contributed by atoms with Gasteiger partial charge in [0.25, 0.3) is 5.56 Å². The molecule has 0 aliphatic heterocycles. The quantitative estimate of drug-likeness (QED) is 0.306. The number of hydrogen-bond donors (Lipinski definition) is 2. The molecule has 0 atom stereocenters. The summed E-state index contributed by atoms with van der Waals surface area (Å²) < 4.78 is 55.9. The maximum atomic E-state index is 13.8. The minimum atomic E-state index is -4.44. The minimum Gasteiger partial charge on any atom is -0.358 e. The molecule has 1 heterocycles. The Bertz CT molecular complexity index is 1420. The number of thiocarbonyl (C=S) groups is 1. The summed E-state index contributed by atoms with van der Waals surface area (Å²) in [5, 5.41) is 6.52. The average Bonchev–Trinajstić information content (AvgIpc) is 3.03. The van der Waals surface area contributed by atoms with Crippen LogP contribution >= 0.6 is 12.2 Å². The van der Waals surface area contributed by atoms with Gasteiger partial charge in [0.1, 0.15) is 5.82 Å². The third-order valence-electron chi connectivity index (χ3n) is 5.40. The van der Waals surface area contributed by atoms with Gasteiger partial charge in [0.2, 0.25) is 0 Å². The van der Waals surface area contributed by atoms with Crippen molar-refractivity contribution in [3.8, 4) is 0 Å². The second-order valence-electron chi connectivity index (χ2n) is 7.72. The predicted molar refractivity (Wildman–Crippen MR) is 127 cm³/mol. The summed E-state index contributed by atoms with van der Waals surface area (Å²) in [6.07, 6.45) is -4.44. The van der Waals surface area contributed by atoms with Gasteiger partial charge < -0.3 is 10.6 Å². The number of halogens is 4. The molecule has 4 aromatic rings. The van der Waals surface area contributed by atoms with Crippen molar-refractivity contribution in [2.24, 2.45) is 7.05 Å². The summed E-state index contributed by atoms with van der Waals surface area (Å²) in [5.74, 6) is -0.343. The first-order valence-corrected chi connectivity index (χ1v) is 10.7. The Kier molecular flexibility index (Phi) is 6.43. The Morgan fingerprint density at radius 3 is 2.53 bits per heavy atom. The molecule has 0 aliphatic carbocycles. The zero-order valence-electron chi connectivity index (χ0n) is 18.0. The lowest BCUT2D eigenvalue weighted by Crippen LogP contribution is -2.28. The highest BCUT2D eigenvalue weighted by Crippen LogP contribution is 2.30. The van der Waals surface area contributed by atoms with Gasteiger partial charge in [0.15, 0.2) is 5.11 Å². The van der Waals surface area contributed by atoms with Gasteiger partial charge in [-0.05, 0) is 54.2 Å². The summed E-state index contributed by atoms with van der Waals surface area (Å²) in [6, 6.07) is 16.4. The highest BCUT2D eigenvalue weighted by molar-refractivity contribution is 7.80. The Balaban J connectivity index is 1.54. The van der Waals surface area contributed by atoms with E-state index < -0.39 is 11.7 Å². The van der Waals surface area contributed by atoms with E-state index in [1.165, 1.54) is 16.8 Å². The molecular weight excluding hydrogens is 468 g/mol. The van der Waals surface area contributed by atoms with Gasteiger partial charge in [0.05, 0.1) is 23.0 Å². The Morgan fingerprint density at radius 1 is 1.03 bits per heavy atom. The van der Waals surface area contributed by atoms with Gasteiger partial charge in [-0.15, -0.1) is 0 Å². The SMILES string of the molecule is Cn1c(=O)c2cc(NC(=S)NCc3ccccc3F)ccc2n1Cc1cccc(C(F)(F)F)c1. The fourth-order valence-corrected chi connectivity index (χ4v) is 3.85. The zero-order chi connectivity index (χ0) is 24.5. The van der Waals surface area contributed by atoms with Crippen LogP contribution in [0.15, 0.2) is 71.5 Å². The molecule has 0 bridgehead atoms. The second kappa shape index (κ2) is 9.30. The van der Waals surface area contributed by atoms with Gasteiger partial charge >= 0.3 is 6.18 Å². The third-order valence-corrected chi connectivity index (χ3v) is 5.65. The number of hydrogen-bond acceptors (Lipinski definition) is 2. The van der Waals surface area contributed by atoms with E-state index in [1.807, 2.05) is 0 Å². The van der Waals surface area contributed by atoms with Crippen LogP contribution < -0.4 is 16.2 Å². The number of rotatable bonds is 5. The molecule has 3 aromatic carbocycles. The Labute approximate surface area is 197 Å². The average molecular weight is 489 g/mol. The highest BCUT2D eigenvalue weighted by Gasteiger charge is 2.30. The van der Waals surface area contributed by atoms with Crippen molar-refractivity contribution in [3.05, 3.63) is 99.6 Å². The maximum Gasteiger partial charge on any atom is 0.416 e. The molecule has 0 amide bonds. The van der Waals surface area contributed by atoms with Gasteiger partial charge in [-0.1, -0.05) is 30.3 Å². The Hall–Kier alpha value is -3.66. The number of anilines is 1. The van der Waals surface area contributed by atoms with E-state index in [-0.39, 0.29) is 29.6 Å². The van der Waals surface area contributed by atoms with Crippen LogP contribution in [0.25, 0.3) is 10.9 Å². The molecule has 0 aliphatic rings. The van der Waals surface area contributed by atoms with Crippen molar-refractivity contribution in [2.75, 3.05) is 5.32 Å². The molecule has 0 fully saturated rings. The molecule has 0 unspecified atom stereocenters. The molecule has 0 spiro atoms. The van der Waals surface area contributed by atoms with Crippen molar-refractivity contribution in [1.82, 2.24) is 14.7 Å². The number of nitrogens with zero attached hydrogens (tertiary/aromatic N) is 2. The number of aromatic nitrogens is 2. The van der Waals surface area contributed by atoms with E-state index in [0.717, 1.165) is 12.1 Å². The lowest BCUT2D eigenvalue weighted by atomic mass is 10.1. The number of benzene rings is 3. The summed E-state index contributed by atoms with van der Waals surface area (Å²) in [4.78, 5) is 12.8. The van der Waals surface area contributed by atoms with Crippen molar-refractivity contribution < 1.29 is 17.6 Å². The van der Waals surface area contributed by atoms with Crippen LogP contribution in [0.1, 0.15) is 16.7 Å². The summed E-state index contributed by atoms with van der Waals surface area (Å²) in [6.45, 7) is 0.282. The van der Waals surface area contributed by atoms with Crippen LogP contribution in [0, 0.1) is 5.82 Å². The number of nitrogens with one attached hydrogen (secondary N) is 2. The number of fused-ring (bicyclic) bond motifs is 1. The fourth-order valence-electron chi connectivity index (χ4n) is 3.66. The van der Waals surface area contributed by atoms with E-state index in [1.54, 1.807) is 54.2 Å². The molecule has 0 saturated carbocycles. The van der Waals surface area contributed by atoms with Gasteiger partial charge in [0, 0.05) is 24.8 Å². The van der Waals surface area contributed by atoms with Crippen molar-refractivity contribution in [3.63, 3.8) is 0 Å². The third kappa shape index (κ3) is 4.96. The fraction of sp³-hybridized carbons (Fsp3) is 0.167. The first-order valence-electron chi connectivity index (χ1n) is 10.3. The van der Waals surface area contributed by atoms with Gasteiger partial charge in [-0.2, -0.15) is 13.2 Å². The van der Waals surface area contributed by atoms with E-state index in [9.17, 15) is 22.4 Å². The smallest absolute Gasteiger partial charge is 0.358 e. The molecule has 176 valence electrons. The molecular formula is C24H20F4N4OS. The van der Waals surface area contributed by atoms with Crippen molar-refractivity contribution in [2.45, 2.75) is 19.3 Å². The molecule has 4 rings (SSSR count). The second-order valence-corrected chi connectivity index (χ2v) is 8.12. The van der Waals surface area contributed by atoms with Gasteiger partial charge in [-0.3, -0.25) is 14.2 Å². The molecule has 34 heavy (non-hydrogen) atoms. The van der Waals surface area contributed by atoms with Crippen LogP contribution in [-0.4, -0.2) is 14.5 Å². The van der Waals surface area contributed by atoms with Crippen molar-refractivity contribution in [1.29, 1.82) is 0 Å². The van der Waals surface area contributed by atoms with Crippen LogP contribution in [-0.2, 0) is 26.3 Å². The molecule has 2 N–H and O–H groups in total. The lowest BCUT2D eigenvalue weighted by Gasteiger charge is -2.13. The molecule has 5 nitrogen and oxygen atoms in total. The molecule has 1 aromatic heterocycles. The Morgan fingerprint density at radius 2 is 1.79 bits per heavy atom. The first kappa shape index (κ1) is 23.5. The highest BCUT2D eigenvalue weighted by atomic mass is 32.1. The van der Waals surface area contributed by atoms with E-state index in [4.69, 9.17) is 12.2 Å². The standard InChI is InChI=1S/C24H20F4N4OS/c1-31-22(33)19-12-18(30-23(34)29-13-16-6-2-3-8-20(16)25)9-10-21(19)32(31)14-15-5-4-7-17(11-15)24(26,27)28/h2-12H,13-14H2,1H3,(H2,29,30,34). The molecule has 10 heteroatoms.